The Morgan fingerprint density at radius 1 is 1.25 bits per heavy atom. The molecule has 0 heterocycles. The number of rotatable bonds is 4. The second kappa shape index (κ2) is 6.86. The van der Waals surface area contributed by atoms with Crippen molar-refractivity contribution in [2.75, 3.05) is 20.6 Å². The molecule has 1 radical (unpaired) electrons. The molecule has 12 heavy (non-hydrogen) atoms. The maximum atomic E-state index is 10.0. The molecule has 0 saturated carbocycles. The molecule has 0 rings (SSSR count). The summed E-state index contributed by atoms with van der Waals surface area (Å²) in [6.07, 6.45) is -1.72. The van der Waals surface area contributed by atoms with Crippen molar-refractivity contribution in [1.29, 1.82) is 0 Å². The van der Waals surface area contributed by atoms with E-state index < -0.39 is 16.0 Å². The van der Waals surface area contributed by atoms with Gasteiger partial charge in [-0.3, -0.25) is 25.1 Å². The quantitative estimate of drug-likeness (QED) is 0.254. The first-order valence-electron chi connectivity index (χ1n) is 2.87. The summed E-state index contributed by atoms with van der Waals surface area (Å²) in [5, 5.41) is 20.0. The van der Waals surface area contributed by atoms with Gasteiger partial charge in [-0.15, -0.1) is 0 Å². The Morgan fingerprint density at radius 3 is 1.67 bits per heavy atom. The fourth-order valence-electron chi connectivity index (χ4n) is 0.537. The summed E-state index contributed by atoms with van der Waals surface area (Å²) in [4.78, 5) is 19.6. The van der Waals surface area contributed by atoms with Gasteiger partial charge in [-0.1, -0.05) is 0 Å². The van der Waals surface area contributed by atoms with E-state index in [2.05, 4.69) is 0 Å². The first-order valence-corrected chi connectivity index (χ1v) is 2.87. The zero-order chi connectivity index (χ0) is 9.02. The number of nitrogens with zero attached hydrogens (tertiary/aromatic N) is 3. The van der Waals surface area contributed by atoms with Crippen LogP contribution < -0.4 is 0 Å². The molecule has 0 aromatic heterocycles. The van der Waals surface area contributed by atoms with Crippen molar-refractivity contribution < 1.29 is 9.85 Å². The van der Waals surface area contributed by atoms with Crippen LogP contribution in [0.5, 0.6) is 0 Å². The van der Waals surface area contributed by atoms with Crippen LogP contribution in [0, 0.1) is 20.2 Å². The molecule has 0 amide bonds. The third-order valence-electron chi connectivity index (χ3n) is 1.02. The van der Waals surface area contributed by atoms with Gasteiger partial charge >= 0.3 is 6.17 Å². The van der Waals surface area contributed by atoms with E-state index in [1.54, 1.807) is 14.1 Å². The Balaban J connectivity index is 0. The van der Waals surface area contributed by atoms with Crippen LogP contribution in [-0.2, 0) is 0 Å². The molecular weight excluding hydrogens is 193 g/mol. The van der Waals surface area contributed by atoms with E-state index in [1.165, 1.54) is 4.90 Å². The Morgan fingerprint density at radius 2 is 1.58 bits per heavy atom. The van der Waals surface area contributed by atoms with Crippen LogP contribution in [-0.4, -0.2) is 92.9 Å². The minimum absolute atomic E-state index is 0. The molecule has 0 aliphatic heterocycles. The van der Waals surface area contributed by atoms with Gasteiger partial charge in [0.15, 0.2) is 0 Å². The van der Waals surface area contributed by atoms with Crippen molar-refractivity contribution in [1.82, 2.24) is 4.90 Å². The van der Waals surface area contributed by atoms with Crippen molar-refractivity contribution in [2.45, 2.75) is 6.17 Å². The molecule has 0 spiro atoms. The van der Waals surface area contributed by atoms with Gasteiger partial charge in [0.05, 0.1) is 9.85 Å². The average molecular weight is 202 g/mol. The second-order valence-corrected chi connectivity index (χ2v) is 2.31. The summed E-state index contributed by atoms with van der Waals surface area (Å²) in [6, 6.07) is 0. The van der Waals surface area contributed by atoms with Gasteiger partial charge in [0.25, 0.3) is 0 Å². The van der Waals surface area contributed by atoms with Gasteiger partial charge in [0, 0.05) is 51.4 Å². The van der Waals surface area contributed by atoms with Crippen LogP contribution in [0.15, 0.2) is 0 Å². The van der Waals surface area contributed by atoms with Crippen molar-refractivity contribution in [3.8, 4) is 0 Å². The number of hydrogen-bond acceptors (Lipinski definition) is 5. The van der Waals surface area contributed by atoms with E-state index in [9.17, 15) is 20.2 Å². The molecule has 0 aliphatic rings. The molecule has 0 aromatic carbocycles. The molecule has 65 valence electrons. The molecule has 0 aliphatic carbocycles. The van der Waals surface area contributed by atoms with E-state index >= 15 is 0 Å². The van der Waals surface area contributed by atoms with Crippen LogP contribution in [0.1, 0.15) is 0 Å². The first kappa shape index (κ1) is 14.9. The second-order valence-electron chi connectivity index (χ2n) is 2.31. The maximum Gasteiger partial charge on any atom is 0.462 e. The minimum atomic E-state index is -1.72. The monoisotopic (exact) mass is 202 g/mol. The average Bonchev–Trinajstić information content (AvgIpc) is 1.81. The summed E-state index contributed by atoms with van der Waals surface area (Å²) < 4.78 is 0. The van der Waals surface area contributed by atoms with Crippen molar-refractivity contribution in [2.24, 2.45) is 0 Å². The van der Waals surface area contributed by atoms with Crippen LogP contribution >= 0.6 is 0 Å². The van der Waals surface area contributed by atoms with Crippen molar-refractivity contribution in [3.05, 3.63) is 20.2 Å². The normalized spacial score (nSPS) is 9.67. The molecular formula is C4H9KN3O4. The molecule has 0 unspecified atom stereocenters. The van der Waals surface area contributed by atoms with Crippen LogP contribution in [0.2, 0.25) is 0 Å². The summed E-state index contributed by atoms with van der Waals surface area (Å²) >= 11 is 0. The Bertz CT molecular complexity index is 160. The minimum Gasteiger partial charge on any atom is -0.297 e. The zero-order valence-corrected chi connectivity index (χ0v) is 10.4. The zero-order valence-electron chi connectivity index (χ0n) is 7.26. The van der Waals surface area contributed by atoms with Crippen molar-refractivity contribution >= 4 is 51.4 Å². The predicted molar refractivity (Wildman–Crippen MR) is 42.1 cm³/mol. The van der Waals surface area contributed by atoms with Gasteiger partial charge in [0.2, 0.25) is 0 Å². The number of hydrogen-bond donors (Lipinski definition) is 0. The standard InChI is InChI=1S/C4H9N3O4.K/c1-5(2)3-4(6(8)9)7(10)11;/h4H,3H2,1-2H3;. The van der Waals surface area contributed by atoms with E-state index in [-0.39, 0.29) is 57.9 Å². The Kier molecular flexibility index (Phi) is 8.52. The topological polar surface area (TPSA) is 89.5 Å². The molecule has 0 aromatic rings. The fraction of sp³-hybridized carbons (Fsp3) is 1.00. The molecule has 0 fully saturated rings. The first-order chi connectivity index (χ1) is 4.95. The number of nitro groups is 2. The smallest absolute Gasteiger partial charge is 0.297 e. The largest absolute Gasteiger partial charge is 0.462 e. The van der Waals surface area contributed by atoms with E-state index in [0.717, 1.165) is 0 Å². The van der Waals surface area contributed by atoms with E-state index in [4.69, 9.17) is 0 Å². The molecule has 0 N–H and O–H groups in total. The van der Waals surface area contributed by atoms with Gasteiger partial charge in [-0.25, -0.2) is 0 Å². The third-order valence-corrected chi connectivity index (χ3v) is 1.02. The Labute approximate surface area is 112 Å². The maximum absolute atomic E-state index is 10.0. The predicted octanol–water partition coefficient (Wildman–Crippen LogP) is -0.953. The van der Waals surface area contributed by atoms with E-state index in [0.29, 0.717) is 0 Å². The summed E-state index contributed by atoms with van der Waals surface area (Å²) in [7, 11) is 3.08. The van der Waals surface area contributed by atoms with Gasteiger partial charge in [0.1, 0.15) is 6.54 Å². The van der Waals surface area contributed by atoms with Crippen LogP contribution in [0.25, 0.3) is 0 Å². The van der Waals surface area contributed by atoms with Gasteiger partial charge in [-0.05, 0) is 14.1 Å². The van der Waals surface area contributed by atoms with E-state index in [1.807, 2.05) is 0 Å². The molecule has 8 heteroatoms. The molecule has 0 saturated heterocycles. The van der Waals surface area contributed by atoms with Crippen LogP contribution in [0.4, 0.5) is 0 Å². The van der Waals surface area contributed by atoms with Gasteiger partial charge in [-0.2, -0.15) is 0 Å². The summed E-state index contributed by atoms with van der Waals surface area (Å²) in [5.74, 6) is 0. The number of likely N-dealkylation sites (N-methyl/N-ethyl adjacent to an activating group) is 1. The van der Waals surface area contributed by atoms with Gasteiger partial charge < -0.3 is 0 Å². The summed E-state index contributed by atoms with van der Waals surface area (Å²) in [5.41, 5.74) is 0. The fourth-order valence-corrected chi connectivity index (χ4v) is 0.537. The third kappa shape index (κ3) is 5.97. The summed E-state index contributed by atoms with van der Waals surface area (Å²) in [6.45, 7) is -0.181. The van der Waals surface area contributed by atoms with Crippen LogP contribution in [0.3, 0.4) is 0 Å². The SMILES string of the molecule is CN(C)CC([N+](=O)[O-])[N+](=O)[O-].[K]. The Hall–Kier alpha value is 0.396. The molecule has 0 atom stereocenters. The van der Waals surface area contributed by atoms with Crippen molar-refractivity contribution in [3.63, 3.8) is 0 Å². The molecule has 7 nitrogen and oxygen atoms in total. The molecule has 0 bridgehead atoms.